The molecular formula is C11H18O3S2. The van der Waals surface area contributed by atoms with Crippen LogP contribution in [0.2, 0.25) is 0 Å². The molecule has 1 rings (SSSR count). The number of rotatable bonds is 8. The molecule has 92 valence electrons. The van der Waals surface area contributed by atoms with E-state index in [1.54, 1.807) is 0 Å². The third kappa shape index (κ3) is 4.74. The van der Waals surface area contributed by atoms with E-state index in [-0.39, 0.29) is 6.29 Å². The molecule has 1 unspecified atom stereocenters. The monoisotopic (exact) mass is 262 g/mol. The zero-order valence-electron chi connectivity index (χ0n) is 9.68. The molecule has 1 atom stereocenters. The topological polar surface area (TPSA) is 35.5 Å². The highest BCUT2D eigenvalue weighted by atomic mass is 32.2. The van der Waals surface area contributed by atoms with Crippen LogP contribution in [0.3, 0.4) is 0 Å². The fraction of sp³-hybridized carbons (Fsp3) is 0.636. The van der Waals surface area contributed by atoms with Gasteiger partial charge in [-0.25, -0.2) is 0 Å². The van der Waals surface area contributed by atoms with Crippen LogP contribution in [-0.2, 0) is 20.3 Å². The van der Waals surface area contributed by atoms with Crippen LogP contribution in [0.5, 0.6) is 0 Å². The van der Waals surface area contributed by atoms with Crippen molar-refractivity contribution in [3.05, 3.63) is 17.5 Å². The number of hydrogen-bond acceptors (Lipinski definition) is 4. The Labute approximate surface area is 103 Å². The van der Waals surface area contributed by atoms with E-state index in [9.17, 15) is 4.21 Å². The van der Waals surface area contributed by atoms with E-state index in [1.807, 2.05) is 31.4 Å². The van der Waals surface area contributed by atoms with Gasteiger partial charge in [0.2, 0.25) is 0 Å². The van der Waals surface area contributed by atoms with E-state index in [1.165, 1.54) is 11.3 Å². The Balaban J connectivity index is 2.34. The molecule has 5 heteroatoms. The predicted octanol–water partition coefficient (Wildman–Crippen LogP) is 2.64. The van der Waals surface area contributed by atoms with Crippen LogP contribution in [-0.4, -0.2) is 29.5 Å². The van der Waals surface area contributed by atoms with Crippen molar-refractivity contribution in [1.29, 1.82) is 0 Å². The number of ether oxygens (including phenoxy) is 2. The van der Waals surface area contributed by atoms with Crippen molar-refractivity contribution < 1.29 is 13.7 Å². The van der Waals surface area contributed by atoms with Gasteiger partial charge in [-0.3, -0.25) is 4.21 Å². The second-order valence-electron chi connectivity index (χ2n) is 3.11. The van der Waals surface area contributed by atoms with Crippen molar-refractivity contribution in [2.45, 2.75) is 30.8 Å². The minimum atomic E-state index is -0.922. The van der Waals surface area contributed by atoms with Crippen molar-refractivity contribution >= 4 is 22.1 Å². The quantitative estimate of drug-likeness (QED) is 0.676. The van der Waals surface area contributed by atoms with Gasteiger partial charge in [0.1, 0.15) is 0 Å². The van der Waals surface area contributed by atoms with Gasteiger partial charge in [0.05, 0.1) is 15.0 Å². The lowest BCUT2D eigenvalue weighted by molar-refractivity contribution is -0.136. The zero-order chi connectivity index (χ0) is 11.8. The van der Waals surface area contributed by atoms with Crippen LogP contribution < -0.4 is 0 Å². The standard InChI is InChI=1S/C11H18O3S2/c1-3-13-10(14-4-2)7-9-16(12)11-6-5-8-15-11/h5-6,8,10H,3-4,7,9H2,1-2H3. The van der Waals surface area contributed by atoms with Gasteiger partial charge in [-0.05, 0) is 25.3 Å². The van der Waals surface area contributed by atoms with E-state index in [0.29, 0.717) is 25.4 Å². The molecular weight excluding hydrogens is 244 g/mol. The van der Waals surface area contributed by atoms with Gasteiger partial charge in [-0.15, -0.1) is 11.3 Å². The number of thiophene rings is 1. The van der Waals surface area contributed by atoms with E-state index in [2.05, 4.69) is 0 Å². The molecule has 0 spiro atoms. The van der Waals surface area contributed by atoms with Crippen LogP contribution in [0.15, 0.2) is 21.7 Å². The molecule has 1 aromatic heterocycles. The Morgan fingerprint density at radius 3 is 2.56 bits per heavy atom. The van der Waals surface area contributed by atoms with Gasteiger partial charge in [0, 0.05) is 25.4 Å². The maximum Gasteiger partial charge on any atom is 0.158 e. The second-order valence-corrected chi connectivity index (χ2v) is 5.86. The highest BCUT2D eigenvalue weighted by molar-refractivity contribution is 7.87. The molecule has 16 heavy (non-hydrogen) atoms. The van der Waals surface area contributed by atoms with Gasteiger partial charge in [0.15, 0.2) is 6.29 Å². The smallest absolute Gasteiger partial charge is 0.158 e. The Bertz CT molecular complexity index is 292. The van der Waals surface area contributed by atoms with Gasteiger partial charge < -0.3 is 9.47 Å². The lowest BCUT2D eigenvalue weighted by Gasteiger charge is -2.16. The summed E-state index contributed by atoms with van der Waals surface area (Å²) in [4.78, 5) is 0. The predicted molar refractivity (Wildman–Crippen MR) is 67.3 cm³/mol. The summed E-state index contributed by atoms with van der Waals surface area (Å²) in [7, 11) is -0.922. The minimum Gasteiger partial charge on any atom is -0.353 e. The van der Waals surface area contributed by atoms with Crippen LogP contribution in [0.4, 0.5) is 0 Å². The molecule has 0 amide bonds. The third-order valence-corrected chi connectivity index (χ3v) is 4.66. The summed E-state index contributed by atoms with van der Waals surface area (Å²) in [6.45, 7) is 5.11. The molecule has 0 saturated heterocycles. The molecule has 0 aromatic carbocycles. The van der Waals surface area contributed by atoms with Gasteiger partial charge in [-0.2, -0.15) is 0 Å². The average molecular weight is 262 g/mol. The van der Waals surface area contributed by atoms with E-state index in [0.717, 1.165) is 4.21 Å². The van der Waals surface area contributed by atoms with Crippen molar-refractivity contribution in [2.75, 3.05) is 19.0 Å². The molecule has 0 saturated carbocycles. The average Bonchev–Trinajstić information content (AvgIpc) is 2.79. The molecule has 3 nitrogen and oxygen atoms in total. The van der Waals surface area contributed by atoms with Gasteiger partial charge in [-0.1, -0.05) is 6.07 Å². The summed E-state index contributed by atoms with van der Waals surface area (Å²) in [6, 6.07) is 3.82. The Morgan fingerprint density at radius 1 is 1.38 bits per heavy atom. The summed E-state index contributed by atoms with van der Waals surface area (Å²) < 4.78 is 23.5. The molecule has 0 aliphatic carbocycles. The van der Waals surface area contributed by atoms with Crippen molar-refractivity contribution in [2.24, 2.45) is 0 Å². The molecule has 0 fully saturated rings. The molecule has 0 bridgehead atoms. The highest BCUT2D eigenvalue weighted by Crippen LogP contribution is 2.15. The van der Waals surface area contributed by atoms with Crippen LogP contribution >= 0.6 is 11.3 Å². The van der Waals surface area contributed by atoms with Gasteiger partial charge in [0.25, 0.3) is 0 Å². The normalized spacial score (nSPS) is 13.2. The van der Waals surface area contributed by atoms with Crippen molar-refractivity contribution in [3.8, 4) is 0 Å². The third-order valence-electron chi connectivity index (χ3n) is 1.96. The van der Waals surface area contributed by atoms with Crippen LogP contribution in [0.25, 0.3) is 0 Å². The minimum absolute atomic E-state index is 0.223. The first-order chi connectivity index (χ1) is 7.77. The number of hydrogen-bond donors (Lipinski definition) is 0. The fourth-order valence-corrected chi connectivity index (χ4v) is 3.42. The van der Waals surface area contributed by atoms with E-state index < -0.39 is 10.8 Å². The van der Waals surface area contributed by atoms with Crippen LogP contribution in [0.1, 0.15) is 20.3 Å². The van der Waals surface area contributed by atoms with Crippen molar-refractivity contribution in [3.63, 3.8) is 0 Å². The maximum atomic E-state index is 11.8. The largest absolute Gasteiger partial charge is 0.353 e. The van der Waals surface area contributed by atoms with Gasteiger partial charge >= 0.3 is 0 Å². The summed E-state index contributed by atoms with van der Waals surface area (Å²) in [5, 5.41) is 1.94. The SMILES string of the molecule is CCOC(CCS(=O)c1cccs1)OCC. The summed E-state index contributed by atoms with van der Waals surface area (Å²) in [5.41, 5.74) is 0. The molecule has 0 N–H and O–H groups in total. The van der Waals surface area contributed by atoms with E-state index in [4.69, 9.17) is 9.47 Å². The molecule has 1 heterocycles. The highest BCUT2D eigenvalue weighted by Gasteiger charge is 2.11. The summed E-state index contributed by atoms with van der Waals surface area (Å²) in [6.07, 6.45) is 0.450. The Kier molecular flexibility index (Phi) is 6.87. The molecule has 0 aliphatic heterocycles. The summed E-state index contributed by atoms with van der Waals surface area (Å²) in [5.74, 6) is 0.588. The van der Waals surface area contributed by atoms with Crippen molar-refractivity contribution in [1.82, 2.24) is 0 Å². The molecule has 0 aliphatic rings. The first-order valence-corrected chi connectivity index (χ1v) is 7.62. The Morgan fingerprint density at radius 2 is 2.06 bits per heavy atom. The molecule has 1 aromatic rings. The maximum absolute atomic E-state index is 11.8. The Hall–Kier alpha value is -0.230. The van der Waals surface area contributed by atoms with Crippen LogP contribution in [0, 0.1) is 0 Å². The zero-order valence-corrected chi connectivity index (χ0v) is 11.3. The fourth-order valence-electron chi connectivity index (χ4n) is 1.28. The lowest BCUT2D eigenvalue weighted by atomic mass is 10.5. The second kappa shape index (κ2) is 7.95. The lowest BCUT2D eigenvalue weighted by Crippen LogP contribution is -2.19. The van der Waals surface area contributed by atoms with E-state index >= 15 is 0 Å². The summed E-state index contributed by atoms with van der Waals surface area (Å²) >= 11 is 1.53. The first kappa shape index (κ1) is 13.8. The first-order valence-electron chi connectivity index (χ1n) is 5.43. The molecule has 0 radical (unpaired) electrons.